The van der Waals surface area contributed by atoms with Crippen LogP contribution in [0.4, 0.5) is 0 Å². The van der Waals surface area contributed by atoms with Crippen LogP contribution in [0.15, 0.2) is 6.07 Å². The smallest absolute Gasteiger partial charge is 0.0248 e. The van der Waals surface area contributed by atoms with E-state index in [1.807, 2.05) is 11.3 Å². The minimum Gasteiger partial charge on any atom is -0.313 e. The van der Waals surface area contributed by atoms with Gasteiger partial charge in [0.1, 0.15) is 0 Å². The Labute approximate surface area is 122 Å². The van der Waals surface area contributed by atoms with Gasteiger partial charge in [0.25, 0.3) is 0 Å². The van der Waals surface area contributed by atoms with Crippen molar-refractivity contribution >= 4 is 11.3 Å². The molecule has 0 aliphatic carbocycles. The molecule has 1 atom stereocenters. The lowest BCUT2D eigenvalue weighted by Gasteiger charge is -2.33. The van der Waals surface area contributed by atoms with Crippen molar-refractivity contribution in [1.82, 2.24) is 10.2 Å². The van der Waals surface area contributed by atoms with Crippen molar-refractivity contribution in [2.45, 2.75) is 65.6 Å². The average Bonchev–Trinajstić information content (AvgIpc) is 2.68. The molecule has 1 saturated heterocycles. The van der Waals surface area contributed by atoms with Gasteiger partial charge in [-0.05, 0) is 58.7 Å². The van der Waals surface area contributed by atoms with E-state index in [-0.39, 0.29) is 0 Å². The van der Waals surface area contributed by atoms with E-state index in [0.29, 0.717) is 12.1 Å². The normalized spacial score (nSPS) is 20.4. The second kappa shape index (κ2) is 6.87. The van der Waals surface area contributed by atoms with Gasteiger partial charge in [0.15, 0.2) is 0 Å². The quantitative estimate of drug-likeness (QED) is 0.884. The van der Waals surface area contributed by atoms with E-state index in [2.05, 4.69) is 44.0 Å². The lowest BCUT2D eigenvalue weighted by atomic mass is 10.0. The summed E-state index contributed by atoms with van der Waals surface area (Å²) in [6.45, 7) is 12.6. The van der Waals surface area contributed by atoms with Crippen LogP contribution in [0.2, 0.25) is 0 Å². The lowest BCUT2D eigenvalue weighted by Crippen LogP contribution is -2.45. The number of nitrogens with zero attached hydrogens (tertiary/aromatic N) is 1. The van der Waals surface area contributed by atoms with Crippen LogP contribution < -0.4 is 5.32 Å². The maximum absolute atomic E-state index is 3.67. The van der Waals surface area contributed by atoms with Gasteiger partial charge in [-0.15, -0.1) is 11.3 Å². The van der Waals surface area contributed by atoms with Crippen LogP contribution in [0, 0.1) is 13.8 Å². The van der Waals surface area contributed by atoms with Gasteiger partial charge in [0.2, 0.25) is 0 Å². The van der Waals surface area contributed by atoms with Crippen molar-refractivity contribution in [1.29, 1.82) is 0 Å². The summed E-state index contributed by atoms with van der Waals surface area (Å²) in [5.74, 6) is 0. The number of thiophene rings is 1. The molecule has 1 fully saturated rings. The van der Waals surface area contributed by atoms with Crippen LogP contribution in [0.5, 0.6) is 0 Å². The molecule has 0 amide bonds. The molecule has 0 saturated carbocycles. The Bertz CT molecular complexity index is 391. The zero-order chi connectivity index (χ0) is 13.8. The molecule has 0 bridgehead atoms. The van der Waals surface area contributed by atoms with Crippen LogP contribution in [0.3, 0.4) is 0 Å². The van der Waals surface area contributed by atoms with Gasteiger partial charge in [0, 0.05) is 34.9 Å². The fraction of sp³-hybridized carbons (Fsp3) is 0.750. The Balaban J connectivity index is 1.97. The van der Waals surface area contributed by atoms with E-state index in [4.69, 9.17) is 0 Å². The van der Waals surface area contributed by atoms with Gasteiger partial charge in [0.05, 0.1) is 0 Å². The zero-order valence-corrected chi connectivity index (χ0v) is 13.6. The predicted octanol–water partition coefficient (Wildman–Crippen LogP) is 3.72. The van der Waals surface area contributed by atoms with Crippen LogP contribution in [-0.2, 0) is 6.54 Å². The van der Waals surface area contributed by atoms with Crippen molar-refractivity contribution in [3.63, 3.8) is 0 Å². The summed E-state index contributed by atoms with van der Waals surface area (Å²) < 4.78 is 0. The standard InChI is InChI=1S/C16H28N2S/c1-12(2)18(11-16-7-5-6-8-17-16)10-15-9-13(3)19-14(15)4/h9,12,16-17H,5-8,10-11H2,1-4H3. The first-order chi connectivity index (χ1) is 9.06. The second-order valence-electron chi connectivity index (χ2n) is 6.11. The molecule has 1 aliphatic rings. The van der Waals surface area contributed by atoms with E-state index < -0.39 is 0 Å². The third-order valence-corrected chi connectivity index (χ3v) is 5.12. The van der Waals surface area contributed by atoms with Gasteiger partial charge in [-0.1, -0.05) is 6.42 Å². The lowest BCUT2D eigenvalue weighted by molar-refractivity contribution is 0.177. The number of hydrogen-bond acceptors (Lipinski definition) is 3. The van der Waals surface area contributed by atoms with Crippen molar-refractivity contribution in [3.05, 3.63) is 21.4 Å². The fourth-order valence-corrected chi connectivity index (χ4v) is 3.82. The van der Waals surface area contributed by atoms with Gasteiger partial charge in [-0.2, -0.15) is 0 Å². The number of rotatable bonds is 5. The Hall–Kier alpha value is -0.380. The third kappa shape index (κ3) is 4.30. The molecule has 108 valence electrons. The number of hydrogen-bond donors (Lipinski definition) is 1. The van der Waals surface area contributed by atoms with Gasteiger partial charge < -0.3 is 5.32 Å². The second-order valence-corrected chi connectivity index (χ2v) is 7.57. The molecule has 0 aromatic carbocycles. The molecule has 1 aromatic heterocycles. The zero-order valence-electron chi connectivity index (χ0n) is 12.8. The minimum absolute atomic E-state index is 0.614. The monoisotopic (exact) mass is 280 g/mol. The molecule has 1 unspecified atom stereocenters. The van der Waals surface area contributed by atoms with E-state index in [1.165, 1.54) is 47.7 Å². The molecule has 0 radical (unpaired) electrons. The van der Waals surface area contributed by atoms with E-state index in [1.54, 1.807) is 0 Å². The van der Waals surface area contributed by atoms with Gasteiger partial charge in [-0.25, -0.2) is 0 Å². The largest absolute Gasteiger partial charge is 0.313 e. The highest BCUT2D eigenvalue weighted by molar-refractivity contribution is 7.12. The van der Waals surface area contributed by atoms with Crippen LogP contribution in [-0.4, -0.2) is 30.1 Å². The number of aryl methyl sites for hydroxylation is 2. The highest BCUT2D eigenvalue weighted by Gasteiger charge is 2.19. The summed E-state index contributed by atoms with van der Waals surface area (Å²) in [5.41, 5.74) is 1.52. The first kappa shape index (κ1) is 15.0. The Morgan fingerprint density at radius 3 is 2.68 bits per heavy atom. The van der Waals surface area contributed by atoms with E-state index >= 15 is 0 Å². The molecule has 19 heavy (non-hydrogen) atoms. The first-order valence-electron chi connectivity index (χ1n) is 7.59. The van der Waals surface area contributed by atoms with E-state index in [9.17, 15) is 0 Å². The molecule has 1 N–H and O–H groups in total. The Kier molecular flexibility index (Phi) is 5.43. The highest BCUT2D eigenvalue weighted by Crippen LogP contribution is 2.23. The molecular weight excluding hydrogens is 252 g/mol. The van der Waals surface area contributed by atoms with Crippen LogP contribution in [0.1, 0.15) is 48.4 Å². The molecule has 2 rings (SSSR count). The molecule has 2 nitrogen and oxygen atoms in total. The summed E-state index contributed by atoms with van der Waals surface area (Å²) in [6.07, 6.45) is 4.08. The van der Waals surface area contributed by atoms with E-state index in [0.717, 1.165) is 6.54 Å². The fourth-order valence-electron chi connectivity index (χ4n) is 2.88. The van der Waals surface area contributed by atoms with Crippen molar-refractivity contribution in [2.24, 2.45) is 0 Å². The van der Waals surface area contributed by atoms with Crippen molar-refractivity contribution < 1.29 is 0 Å². The molecule has 1 aliphatic heterocycles. The molecule has 3 heteroatoms. The molecular formula is C16H28N2S. The third-order valence-electron chi connectivity index (χ3n) is 4.11. The van der Waals surface area contributed by atoms with Crippen LogP contribution in [0.25, 0.3) is 0 Å². The maximum Gasteiger partial charge on any atom is 0.0248 e. The Morgan fingerprint density at radius 1 is 1.37 bits per heavy atom. The number of piperidine rings is 1. The summed E-state index contributed by atoms with van der Waals surface area (Å²) in [7, 11) is 0. The Morgan fingerprint density at radius 2 is 2.16 bits per heavy atom. The van der Waals surface area contributed by atoms with Crippen LogP contribution >= 0.6 is 11.3 Å². The predicted molar refractivity (Wildman–Crippen MR) is 85.0 cm³/mol. The summed E-state index contributed by atoms with van der Waals surface area (Å²) in [4.78, 5) is 5.55. The SMILES string of the molecule is Cc1cc(CN(CC2CCCCN2)C(C)C)c(C)s1. The summed E-state index contributed by atoms with van der Waals surface area (Å²) >= 11 is 1.93. The highest BCUT2D eigenvalue weighted by atomic mass is 32.1. The topological polar surface area (TPSA) is 15.3 Å². The van der Waals surface area contributed by atoms with Gasteiger partial charge in [-0.3, -0.25) is 4.90 Å². The summed E-state index contributed by atoms with van der Waals surface area (Å²) in [6, 6.07) is 3.67. The minimum atomic E-state index is 0.614. The first-order valence-corrected chi connectivity index (χ1v) is 8.41. The average molecular weight is 280 g/mol. The van der Waals surface area contributed by atoms with Gasteiger partial charge >= 0.3 is 0 Å². The maximum atomic E-state index is 3.67. The molecule has 0 spiro atoms. The molecule has 2 heterocycles. The summed E-state index contributed by atoms with van der Waals surface area (Å²) in [5, 5.41) is 3.67. The van der Waals surface area contributed by atoms with Crippen molar-refractivity contribution in [3.8, 4) is 0 Å². The molecule has 1 aromatic rings. The van der Waals surface area contributed by atoms with Crippen molar-refractivity contribution in [2.75, 3.05) is 13.1 Å². The number of nitrogens with one attached hydrogen (secondary N) is 1.